The number of hydrogen-bond acceptors (Lipinski definition) is 4. The van der Waals surface area contributed by atoms with Crippen molar-refractivity contribution in [2.24, 2.45) is 0 Å². The van der Waals surface area contributed by atoms with Gasteiger partial charge in [-0.1, -0.05) is 53.5 Å². The number of nitrogens with one attached hydrogen (secondary N) is 1. The molecule has 0 unspecified atom stereocenters. The lowest BCUT2D eigenvalue weighted by Gasteiger charge is -2.10. The molecule has 0 saturated carbocycles. The van der Waals surface area contributed by atoms with Crippen molar-refractivity contribution in [3.63, 3.8) is 0 Å². The molecular formula is C18H14Cl2N4O2. The third kappa shape index (κ3) is 4.04. The lowest BCUT2D eigenvalue weighted by molar-refractivity contribution is 0.102. The van der Waals surface area contributed by atoms with E-state index in [1.807, 2.05) is 30.3 Å². The zero-order valence-electron chi connectivity index (χ0n) is 13.4. The fourth-order valence-corrected chi connectivity index (χ4v) is 2.78. The molecule has 0 atom stereocenters. The molecule has 0 aliphatic heterocycles. The molecular weight excluding hydrogens is 375 g/mol. The third-order valence-electron chi connectivity index (χ3n) is 3.61. The summed E-state index contributed by atoms with van der Waals surface area (Å²) >= 11 is 11.9. The Morgan fingerprint density at radius 3 is 2.38 bits per heavy atom. The maximum Gasteiger partial charge on any atom is 0.276 e. The maximum absolute atomic E-state index is 12.4. The lowest BCUT2D eigenvalue weighted by atomic mass is 10.2. The molecule has 132 valence electrons. The first-order chi connectivity index (χ1) is 12.4. The van der Waals surface area contributed by atoms with Crippen LogP contribution in [0.25, 0.3) is 0 Å². The highest BCUT2D eigenvalue weighted by Crippen LogP contribution is 2.31. The first kappa shape index (κ1) is 18.0. The van der Waals surface area contributed by atoms with Crippen molar-refractivity contribution < 1.29 is 4.79 Å². The number of nitrogens with zero attached hydrogens (tertiary/aromatic N) is 2. The van der Waals surface area contributed by atoms with E-state index in [2.05, 4.69) is 10.4 Å². The second-order valence-electron chi connectivity index (χ2n) is 5.51. The molecule has 0 aliphatic carbocycles. The summed E-state index contributed by atoms with van der Waals surface area (Å²) in [6, 6.07) is 15.0. The number of amides is 1. The van der Waals surface area contributed by atoms with Crippen LogP contribution in [0.3, 0.4) is 0 Å². The van der Waals surface area contributed by atoms with Gasteiger partial charge in [-0.3, -0.25) is 9.59 Å². The van der Waals surface area contributed by atoms with Crippen molar-refractivity contribution in [2.45, 2.75) is 6.54 Å². The summed E-state index contributed by atoms with van der Waals surface area (Å²) in [4.78, 5) is 24.4. The van der Waals surface area contributed by atoms with Crippen LogP contribution >= 0.6 is 23.2 Å². The van der Waals surface area contributed by atoms with Gasteiger partial charge in [0, 0.05) is 11.8 Å². The average molecular weight is 389 g/mol. The normalized spacial score (nSPS) is 10.5. The van der Waals surface area contributed by atoms with Gasteiger partial charge in [0.15, 0.2) is 0 Å². The van der Waals surface area contributed by atoms with Crippen LogP contribution in [-0.4, -0.2) is 15.7 Å². The van der Waals surface area contributed by atoms with Gasteiger partial charge < -0.3 is 11.1 Å². The van der Waals surface area contributed by atoms with E-state index in [-0.39, 0.29) is 33.5 Å². The summed E-state index contributed by atoms with van der Waals surface area (Å²) in [5.41, 5.74) is 6.97. The first-order valence-electron chi connectivity index (χ1n) is 7.62. The highest BCUT2D eigenvalue weighted by molar-refractivity contribution is 6.39. The van der Waals surface area contributed by atoms with Crippen LogP contribution in [0.5, 0.6) is 0 Å². The molecule has 26 heavy (non-hydrogen) atoms. The number of rotatable bonds is 4. The summed E-state index contributed by atoms with van der Waals surface area (Å²) in [7, 11) is 0. The van der Waals surface area contributed by atoms with E-state index in [9.17, 15) is 9.59 Å². The lowest BCUT2D eigenvalue weighted by Crippen LogP contribution is -2.26. The van der Waals surface area contributed by atoms with Gasteiger partial charge in [0.2, 0.25) is 0 Å². The molecule has 0 aliphatic rings. The Labute approximate surface area is 159 Å². The first-order valence-corrected chi connectivity index (χ1v) is 8.37. The van der Waals surface area contributed by atoms with Crippen LogP contribution in [0, 0.1) is 0 Å². The van der Waals surface area contributed by atoms with Crippen molar-refractivity contribution in [1.29, 1.82) is 0 Å². The molecule has 0 spiro atoms. The second-order valence-corrected chi connectivity index (χ2v) is 6.32. The molecule has 1 heterocycles. The van der Waals surface area contributed by atoms with E-state index in [1.54, 1.807) is 0 Å². The van der Waals surface area contributed by atoms with Gasteiger partial charge in [-0.2, -0.15) is 5.10 Å². The van der Waals surface area contributed by atoms with Crippen LogP contribution in [-0.2, 0) is 6.54 Å². The number of benzene rings is 2. The Hall–Kier alpha value is -2.83. The van der Waals surface area contributed by atoms with Gasteiger partial charge in [0.05, 0.1) is 22.3 Å². The van der Waals surface area contributed by atoms with Gasteiger partial charge in [0.25, 0.3) is 11.5 Å². The number of halogens is 2. The Kier molecular flexibility index (Phi) is 5.25. The minimum Gasteiger partial charge on any atom is -0.396 e. The van der Waals surface area contributed by atoms with Gasteiger partial charge >= 0.3 is 0 Å². The van der Waals surface area contributed by atoms with E-state index in [1.165, 1.54) is 28.9 Å². The molecule has 0 fully saturated rings. The van der Waals surface area contributed by atoms with Crippen molar-refractivity contribution >= 4 is 40.5 Å². The van der Waals surface area contributed by atoms with E-state index >= 15 is 0 Å². The predicted molar refractivity (Wildman–Crippen MR) is 103 cm³/mol. The van der Waals surface area contributed by atoms with Crippen LogP contribution in [0.15, 0.2) is 59.4 Å². The molecule has 0 saturated heterocycles. The number of carbonyl (C=O) groups is 1. The molecule has 3 N–H and O–H groups in total. The topological polar surface area (TPSA) is 90.0 Å². The quantitative estimate of drug-likeness (QED) is 0.669. The summed E-state index contributed by atoms with van der Waals surface area (Å²) in [6.45, 7) is 0.264. The number of carbonyl (C=O) groups excluding carboxylic acids is 1. The highest BCUT2D eigenvalue weighted by atomic mass is 35.5. The van der Waals surface area contributed by atoms with Gasteiger partial charge in [-0.05, 0) is 23.8 Å². The molecule has 1 amide bonds. The largest absolute Gasteiger partial charge is 0.396 e. The second kappa shape index (κ2) is 7.59. The number of nitrogen functional groups attached to an aromatic ring is 1. The molecule has 1 aromatic heterocycles. The van der Waals surface area contributed by atoms with E-state index in [4.69, 9.17) is 28.9 Å². The molecule has 0 radical (unpaired) electrons. The fourth-order valence-electron chi connectivity index (χ4n) is 2.29. The zero-order chi connectivity index (χ0) is 18.7. The SMILES string of the molecule is Nc1c(Cl)cc(NC(=O)c2ccc(=O)n(Cc3ccccc3)n2)cc1Cl. The number of aromatic nitrogens is 2. The van der Waals surface area contributed by atoms with Crippen molar-refractivity contribution in [3.05, 3.63) is 86.3 Å². The van der Waals surface area contributed by atoms with Gasteiger partial charge in [-0.25, -0.2) is 4.68 Å². The van der Waals surface area contributed by atoms with Crippen LogP contribution in [0.1, 0.15) is 16.1 Å². The molecule has 6 nitrogen and oxygen atoms in total. The number of nitrogens with two attached hydrogens (primary N) is 1. The molecule has 3 aromatic rings. The summed E-state index contributed by atoms with van der Waals surface area (Å²) < 4.78 is 1.23. The van der Waals surface area contributed by atoms with Gasteiger partial charge in [0.1, 0.15) is 5.69 Å². The van der Waals surface area contributed by atoms with E-state index in [0.29, 0.717) is 5.69 Å². The standard InChI is InChI=1S/C18H14Cl2N4O2/c19-13-8-12(9-14(20)17(13)21)22-18(26)15-6-7-16(25)24(23-15)10-11-4-2-1-3-5-11/h1-9H,10,21H2,(H,22,26). The zero-order valence-corrected chi connectivity index (χ0v) is 15.0. The molecule has 8 heteroatoms. The van der Waals surface area contributed by atoms with Crippen molar-refractivity contribution in [1.82, 2.24) is 9.78 Å². The minimum atomic E-state index is -0.497. The fraction of sp³-hybridized carbons (Fsp3) is 0.0556. The summed E-state index contributed by atoms with van der Waals surface area (Å²) in [6.07, 6.45) is 0. The third-order valence-corrected chi connectivity index (χ3v) is 4.24. The highest BCUT2D eigenvalue weighted by Gasteiger charge is 2.12. The summed E-state index contributed by atoms with van der Waals surface area (Å²) in [5, 5.41) is 7.23. The molecule has 2 aromatic carbocycles. The van der Waals surface area contributed by atoms with Crippen LogP contribution < -0.4 is 16.6 Å². The number of hydrogen-bond donors (Lipinski definition) is 2. The predicted octanol–water partition coefficient (Wildman–Crippen LogP) is 3.43. The monoisotopic (exact) mass is 388 g/mol. The number of anilines is 2. The average Bonchev–Trinajstić information content (AvgIpc) is 2.62. The van der Waals surface area contributed by atoms with E-state index in [0.717, 1.165) is 5.56 Å². The van der Waals surface area contributed by atoms with Gasteiger partial charge in [-0.15, -0.1) is 0 Å². The Balaban J connectivity index is 1.84. The molecule has 0 bridgehead atoms. The van der Waals surface area contributed by atoms with Crippen LogP contribution in [0.2, 0.25) is 10.0 Å². The Bertz CT molecular complexity index is 996. The summed E-state index contributed by atoms with van der Waals surface area (Å²) in [5.74, 6) is -0.497. The Morgan fingerprint density at radius 1 is 1.08 bits per heavy atom. The van der Waals surface area contributed by atoms with Crippen molar-refractivity contribution in [2.75, 3.05) is 11.1 Å². The maximum atomic E-state index is 12.4. The van der Waals surface area contributed by atoms with Crippen LogP contribution in [0.4, 0.5) is 11.4 Å². The smallest absolute Gasteiger partial charge is 0.276 e. The van der Waals surface area contributed by atoms with E-state index < -0.39 is 5.91 Å². The molecule has 3 rings (SSSR count). The Morgan fingerprint density at radius 2 is 1.73 bits per heavy atom. The minimum absolute atomic E-state index is 0.0876. The van der Waals surface area contributed by atoms with Crippen molar-refractivity contribution in [3.8, 4) is 0 Å².